The maximum absolute atomic E-state index is 12.8. The van der Waals surface area contributed by atoms with Crippen LogP contribution in [0.5, 0.6) is 0 Å². The van der Waals surface area contributed by atoms with Gasteiger partial charge < -0.3 is 4.90 Å². The summed E-state index contributed by atoms with van der Waals surface area (Å²) in [6.07, 6.45) is 3.45. The Morgan fingerprint density at radius 1 is 1.20 bits per heavy atom. The largest absolute Gasteiger partial charge is 0.338 e. The summed E-state index contributed by atoms with van der Waals surface area (Å²) in [5, 5.41) is 0. The van der Waals surface area contributed by atoms with E-state index in [-0.39, 0.29) is 17.2 Å². The Balaban J connectivity index is 1.58. The van der Waals surface area contributed by atoms with Crippen LogP contribution in [0.15, 0.2) is 30.3 Å². The molecule has 1 aromatic carbocycles. The zero-order valence-corrected chi connectivity index (χ0v) is 11.5. The topological polar surface area (TPSA) is 37.4 Å². The molecular formula is C17H19NO2. The molecule has 3 aliphatic rings. The molecule has 1 aromatic rings. The zero-order valence-electron chi connectivity index (χ0n) is 11.5. The molecule has 1 aliphatic heterocycles. The maximum atomic E-state index is 12.8. The van der Waals surface area contributed by atoms with Gasteiger partial charge in [-0.05, 0) is 30.7 Å². The monoisotopic (exact) mass is 269 g/mol. The van der Waals surface area contributed by atoms with Crippen molar-refractivity contribution in [2.75, 3.05) is 6.54 Å². The molecular weight excluding hydrogens is 250 g/mol. The lowest BCUT2D eigenvalue weighted by molar-refractivity contribution is -0.160. The Labute approximate surface area is 119 Å². The summed E-state index contributed by atoms with van der Waals surface area (Å²) in [5.74, 6) is 1.04. The van der Waals surface area contributed by atoms with Crippen molar-refractivity contribution in [3.05, 3.63) is 35.9 Å². The van der Waals surface area contributed by atoms with Gasteiger partial charge in [-0.3, -0.25) is 9.59 Å². The van der Waals surface area contributed by atoms with Crippen LogP contribution in [0.3, 0.4) is 0 Å². The summed E-state index contributed by atoms with van der Waals surface area (Å²) in [6, 6.07) is 10.1. The molecule has 4 rings (SSSR count). The highest BCUT2D eigenvalue weighted by atomic mass is 16.2. The second-order valence-electron chi connectivity index (χ2n) is 6.52. The first-order valence-corrected chi connectivity index (χ1v) is 7.58. The van der Waals surface area contributed by atoms with E-state index >= 15 is 0 Å². The molecule has 2 aliphatic carbocycles. The highest BCUT2D eigenvalue weighted by Gasteiger charge is 2.67. The lowest BCUT2D eigenvalue weighted by atomic mass is 9.48. The van der Waals surface area contributed by atoms with E-state index in [1.165, 1.54) is 5.56 Å². The van der Waals surface area contributed by atoms with Crippen LogP contribution in [0.4, 0.5) is 0 Å². The van der Waals surface area contributed by atoms with Gasteiger partial charge in [0.15, 0.2) is 0 Å². The van der Waals surface area contributed by atoms with E-state index in [1.54, 1.807) is 0 Å². The molecule has 0 radical (unpaired) electrons. The fraction of sp³-hybridized carbons (Fsp3) is 0.529. The average molecular weight is 269 g/mol. The van der Waals surface area contributed by atoms with E-state index in [1.807, 2.05) is 23.1 Å². The van der Waals surface area contributed by atoms with Gasteiger partial charge in [0.1, 0.15) is 5.78 Å². The predicted molar refractivity (Wildman–Crippen MR) is 74.7 cm³/mol. The molecule has 3 unspecified atom stereocenters. The van der Waals surface area contributed by atoms with E-state index in [0.717, 1.165) is 25.8 Å². The SMILES string of the molecule is O=C1CCCC23C(=O)N(Cc4ccccc4)CC2CC13. The van der Waals surface area contributed by atoms with Crippen molar-refractivity contribution in [1.82, 2.24) is 4.90 Å². The van der Waals surface area contributed by atoms with E-state index in [2.05, 4.69) is 12.1 Å². The molecule has 1 amide bonds. The lowest BCUT2D eigenvalue weighted by Gasteiger charge is -2.51. The summed E-state index contributed by atoms with van der Waals surface area (Å²) >= 11 is 0. The van der Waals surface area contributed by atoms with Gasteiger partial charge in [0.05, 0.1) is 5.41 Å². The molecule has 3 atom stereocenters. The highest BCUT2D eigenvalue weighted by molar-refractivity contribution is 5.96. The molecule has 20 heavy (non-hydrogen) atoms. The summed E-state index contributed by atoms with van der Waals surface area (Å²) in [6.45, 7) is 1.54. The molecule has 1 heterocycles. The summed E-state index contributed by atoms with van der Waals surface area (Å²) < 4.78 is 0. The molecule has 0 N–H and O–H groups in total. The fourth-order valence-corrected chi connectivity index (χ4v) is 4.61. The third-order valence-electron chi connectivity index (χ3n) is 5.62. The molecule has 2 saturated carbocycles. The second kappa shape index (κ2) is 4.18. The molecule has 3 fully saturated rings. The Hall–Kier alpha value is -1.64. The van der Waals surface area contributed by atoms with Crippen LogP contribution in [0.25, 0.3) is 0 Å². The van der Waals surface area contributed by atoms with E-state index in [0.29, 0.717) is 24.7 Å². The van der Waals surface area contributed by atoms with Crippen LogP contribution in [-0.4, -0.2) is 23.1 Å². The van der Waals surface area contributed by atoms with Gasteiger partial charge in [-0.15, -0.1) is 0 Å². The maximum Gasteiger partial charge on any atom is 0.230 e. The molecule has 3 nitrogen and oxygen atoms in total. The van der Waals surface area contributed by atoms with Crippen LogP contribution in [0, 0.1) is 17.3 Å². The number of ketones is 1. The number of hydrogen-bond acceptors (Lipinski definition) is 2. The minimum absolute atomic E-state index is 0.0366. The van der Waals surface area contributed by atoms with Crippen LogP contribution >= 0.6 is 0 Å². The predicted octanol–water partition coefficient (Wildman–Crippen LogP) is 2.40. The van der Waals surface area contributed by atoms with Crippen LogP contribution in [-0.2, 0) is 16.1 Å². The minimum atomic E-state index is -0.301. The Morgan fingerprint density at radius 2 is 2.00 bits per heavy atom. The van der Waals surface area contributed by atoms with Gasteiger partial charge in [-0.2, -0.15) is 0 Å². The minimum Gasteiger partial charge on any atom is -0.338 e. The van der Waals surface area contributed by atoms with Gasteiger partial charge in [0.2, 0.25) is 5.91 Å². The van der Waals surface area contributed by atoms with Crippen molar-refractivity contribution in [2.45, 2.75) is 32.2 Å². The highest BCUT2D eigenvalue weighted by Crippen LogP contribution is 2.62. The smallest absolute Gasteiger partial charge is 0.230 e. The zero-order chi connectivity index (χ0) is 13.7. The standard InChI is InChI=1S/C17H19NO2/c19-15-7-4-8-17-13(9-14(15)17)11-18(16(17)20)10-12-5-2-1-3-6-12/h1-3,5-6,13-14H,4,7-11H2. The van der Waals surface area contributed by atoms with E-state index < -0.39 is 0 Å². The van der Waals surface area contributed by atoms with E-state index in [9.17, 15) is 9.59 Å². The third kappa shape index (κ3) is 1.46. The van der Waals surface area contributed by atoms with Crippen LogP contribution in [0.1, 0.15) is 31.2 Å². The van der Waals surface area contributed by atoms with Crippen molar-refractivity contribution in [2.24, 2.45) is 17.3 Å². The molecule has 0 bridgehead atoms. The van der Waals surface area contributed by atoms with Gasteiger partial charge >= 0.3 is 0 Å². The van der Waals surface area contributed by atoms with Crippen molar-refractivity contribution in [3.8, 4) is 0 Å². The summed E-state index contributed by atoms with van der Waals surface area (Å²) in [5.41, 5.74) is 0.877. The number of amides is 1. The number of rotatable bonds is 2. The fourth-order valence-electron chi connectivity index (χ4n) is 4.61. The first kappa shape index (κ1) is 12.1. The number of benzene rings is 1. The first-order chi connectivity index (χ1) is 9.72. The van der Waals surface area contributed by atoms with Gasteiger partial charge in [0, 0.05) is 25.4 Å². The number of carbonyl (C=O) groups is 2. The number of nitrogens with zero attached hydrogens (tertiary/aromatic N) is 1. The molecule has 3 heteroatoms. The Kier molecular flexibility index (Phi) is 2.53. The van der Waals surface area contributed by atoms with E-state index in [4.69, 9.17) is 0 Å². The first-order valence-electron chi connectivity index (χ1n) is 7.58. The Morgan fingerprint density at radius 3 is 2.80 bits per heavy atom. The molecule has 0 aromatic heterocycles. The summed E-state index contributed by atoms with van der Waals surface area (Å²) in [4.78, 5) is 26.9. The molecule has 1 saturated heterocycles. The van der Waals surface area contributed by atoms with Gasteiger partial charge in [-0.1, -0.05) is 30.3 Å². The van der Waals surface area contributed by atoms with Crippen LogP contribution in [0.2, 0.25) is 0 Å². The lowest BCUT2D eigenvalue weighted by Crippen LogP contribution is -2.56. The second-order valence-corrected chi connectivity index (χ2v) is 6.52. The number of Topliss-reactive ketones (excluding diaryl/α,β-unsaturated/α-hetero) is 1. The number of likely N-dealkylation sites (tertiary alicyclic amines) is 1. The van der Waals surface area contributed by atoms with Gasteiger partial charge in [0.25, 0.3) is 0 Å². The van der Waals surface area contributed by atoms with Crippen molar-refractivity contribution in [1.29, 1.82) is 0 Å². The number of carbonyl (C=O) groups excluding carboxylic acids is 2. The van der Waals surface area contributed by atoms with Crippen molar-refractivity contribution < 1.29 is 9.59 Å². The van der Waals surface area contributed by atoms with Gasteiger partial charge in [-0.25, -0.2) is 0 Å². The Bertz CT molecular complexity index is 568. The van der Waals surface area contributed by atoms with Crippen LogP contribution < -0.4 is 0 Å². The number of hydrogen-bond donors (Lipinski definition) is 0. The van der Waals surface area contributed by atoms with Crippen molar-refractivity contribution in [3.63, 3.8) is 0 Å². The van der Waals surface area contributed by atoms with Crippen molar-refractivity contribution >= 4 is 11.7 Å². The average Bonchev–Trinajstić information content (AvgIpc) is 2.62. The normalized spacial score (nSPS) is 35.5. The quantitative estimate of drug-likeness (QED) is 0.826. The third-order valence-corrected chi connectivity index (χ3v) is 5.62. The molecule has 1 spiro atoms. The molecule has 104 valence electrons. The summed E-state index contributed by atoms with van der Waals surface area (Å²) in [7, 11) is 0.